The van der Waals surface area contributed by atoms with E-state index in [0.29, 0.717) is 11.1 Å². The maximum atomic E-state index is 12.3. The van der Waals surface area contributed by atoms with Crippen LogP contribution in [0.4, 0.5) is 0 Å². The number of amides is 2. The molecule has 0 heterocycles. The SMILES string of the molecule is Cc1ccc(C(=O)NC(C)C(=O)N(C)C)c(C#CCN)c1. The lowest BCUT2D eigenvalue weighted by molar-refractivity contribution is -0.130. The van der Waals surface area contributed by atoms with Crippen LogP contribution in [-0.2, 0) is 4.79 Å². The minimum Gasteiger partial charge on any atom is -0.347 e. The van der Waals surface area contributed by atoms with Gasteiger partial charge in [0.1, 0.15) is 6.04 Å². The number of likely N-dealkylation sites (N-methyl/N-ethyl adjacent to an activating group) is 1. The smallest absolute Gasteiger partial charge is 0.253 e. The summed E-state index contributed by atoms with van der Waals surface area (Å²) in [5, 5.41) is 2.68. The fraction of sp³-hybridized carbons (Fsp3) is 0.375. The molecule has 1 aromatic rings. The van der Waals surface area contributed by atoms with Crippen LogP contribution in [0.5, 0.6) is 0 Å². The summed E-state index contributed by atoms with van der Waals surface area (Å²) in [4.78, 5) is 25.5. The topological polar surface area (TPSA) is 75.4 Å². The van der Waals surface area contributed by atoms with Crippen LogP contribution < -0.4 is 11.1 Å². The number of carbonyl (C=O) groups excluding carboxylic acids is 2. The van der Waals surface area contributed by atoms with E-state index in [9.17, 15) is 9.59 Å². The van der Waals surface area contributed by atoms with Gasteiger partial charge < -0.3 is 16.0 Å². The van der Waals surface area contributed by atoms with Gasteiger partial charge >= 0.3 is 0 Å². The third-order valence-electron chi connectivity index (χ3n) is 2.90. The minimum absolute atomic E-state index is 0.162. The predicted octanol–water partition coefficient (Wildman–Crippen LogP) is 0.512. The van der Waals surface area contributed by atoms with Gasteiger partial charge in [-0.1, -0.05) is 17.9 Å². The first-order valence-corrected chi connectivity index (χ1v) is 6.68. The summed E-state index contributed by atoms with van der Waals surface area (Å²) >= 11 is 0. The van der Waals surface area contributed by atoms with Crippen LogP contribution in [-0.4, -0.2) is 43.4 Å². The molecule has 1 rings (SSSR count). The summed E-state index contributed by atoms with van der Waals surface area (Å²) in [6.07, 6.45) is 0. The molecule has 0 aliphatic heterocycles. The van der Waals surface area contributed by atoms with Crippen LogP contribution in [0.15, 0.2) is 18.2 Å². The minimum atomic E-state index is -0.593. The Bertz CT molecular complexity index is 597. The molecule has 1 unspecified atom stereocenters. The molecule has 0 aliphatic rings. The van der Waals surface area contributed by atoms with Crippen molar-refractivity contribution in [1.82, 2.24) is 10.2 Å². The molecule has 0 saturated carbocycles. The Labute approximate surface area is 125 Å². The number of benzene rings is 1. The highest BCUT2D eigenvalue weighted by atomic mass is 16.2. The molecule has 0 aliphatic carbocycles. The van der Waals surface area contributed by atoms with Gasteiger partial charge in [-0.3, -0.25) is 9.59 Å². The Morgan fingerprint density at radius 1 is 1.38 bits per heavy atom. The molecule has 0 bridgehead atoms. The van der Waals surface area contributed by atoms with Crippen LogP contribution in [0.1, 0.15) is 28.4 Å². The summed E-state index contributed by atoms with van der Waals surface area (Å²) in [7, 11) is 3.30. The average Bonchev–Trinajstić information content (AvgIpc) is 2.43. The predicted molar refractivity (Wildman–Crippen MR) is 82.7 cm³/mol. The number of nitrogens with two attached hydrogens (primary N) is 1. The number of hydrogen-bond donors (Lipinski definition) is 2. The van der Waals surface area contributed by atoms with Gasteiger partial charge in [0.25, 0.3) is 5.91 Å². The molecular weight excluding hydrogens is 266 g/mol. The molecule has 0 aromatic heterocycles. The van der Waals surface area contributed by atoms with E-state index in [4.69, 9.17) is 5.73 Å². The number of nitrogens with one attached hydrogen (secondary N) is 1. The van der Waals surface area contributed by atoms with Crippen molar-refractivity contribution in [1.29, 1.82) is 0 Å². The van der Waals surface area contributed by atoms with Crippen molar-refractivity contribution < 1.29 is 9.59 Å². The van der Waals surface area contributed by atoms with Crippen molar-refractivity contribution in [3.05, 3.63) is 34.9 Å². The van der Waals surface area contributed by atoms with Gasteiger partial charge in [0.05, 0.1) is 12.1 Å². The van der Waals surface area contributed by atoms with Gasteiger partial charge in [-0.25, -0.2) is 0 Å². The molecule has 5 heteroatoms. The fourth-order valence-electron chi connectivity index (χ4n) is 1.83. The van der Waals surface area contributed by atoms with Crippen molar-refractivity contribution in [2.45, 2.75) is 19.9 Å². The van der Waals surface area contributed by atoms with Gasteiger partial charge in [0.15, 0.2) is 0 Å². The molecule has 5 nitrogen and oxygen atoms in total. The summed E-state index contributed by atoms with van der Waals surface area (Å²) in [6.45, 7) is 3.80. The monoisotopic (exact) mass is 287 g/mol. The third kappa shape index (κ3) is 4.62. The largest absolute Gasteiger partial charge is 0.347 e. The molecule has 0 fully saturated rings. The Morgan fingerprint density at radius 2 is 2.05 bits per heavy atom. The lowest BCUT2D eigenvalue weighted by Gasteiger charge is -2.18. The quantitative estimate of drug-likeness (QED) is 0.796. The van der Waals surface area contributed by atoms with Crippen molar-refractivity contribution in [3.63, 3.8) is 0 Å². The fourth-order valence-corrected chi connectivity index (χ4v) is 1.83. The second-order valence-corrected chi connectivity index (χ2v) is 4.98. The first-order chi connectivity index (χ1) is 9.86. The number of nitrogens with zero attached hydrogens (tertiary/aromatic N) is 1. The first kappa shape index (κ1) is 16.7. The lowest BCUT2D eigenvalue weighted by atomic mass is 10.0. The molecule has 21 heavy (non-hydrogen) atoms. The average molecular weight is 287 g/mol. The van der Waals surface area contributed by atoms with E-state index in [1.165, 1.54) is 4.90 Å². The zero-order valence-corrected chi connectivity index (χ0v) is 12.9. The summed E-state index contributed by atoms with van der Waals surface area (Å²) in [6, 6.07) is 4.78. The molecular formula is C16H21N3O2. The van der Waals surface area contributed by atoms with Gasteiger partial charge in [-0.05, 0) is 31.5 Å². The maximum Gasteiger partial charge on any atom is 0.253 e. The number of carbonyl (C=O) groups is 2. The van der Waals surface area contributed by atoms with Gasteiger partial charge in [0.2, 0.25) is 5.91 Å². The van der Waals surface area contributed by atoms with Crippen LogP contribution in [0.3, 0.4) is 0 Å². The molecule has 1 aromatic carbocycles. The standard InChI is InChI=1S/C16H21N3O2/c1-11-7-8-14(13(10-11)6-5-9-17)15(20)18-12(2)16(21)19(3)4/h7-8,10,12H,9,17H2,1-4H3,(H,18,20). The number of hydrogen-bond acceptors (Lipinski definition) is 3. The second kappa shape index (κ2) is 7.46. The summed E-state index contributed by atoms with van der Waals surface area (Å²) in [5.74, 6) is 5.15. The van der Waals surface area contributed by atoms with Crippen LogP contribution >= 0.6 is 0 Å². The molecule has 0 radical (unpaired) electrons. The van der Waals surface area contributed by atoms with Gasteiger partial charge in [-0.15, -0.1) is 0 Å². The molecule has 0 spiro atoms. The number of rotatable bonds is 3. The molecule has 112 valence electrons. The second-order valence-electron chi connectivity index (χ2n) is 4.98. The van der Waals surface area contributed by atoms with Crippen molar-refractivity contribution in [2.75, 3.05) is 20.6 Å². The van der Waals surface area contributed by atoms with E-state index >= 15 is 0 Å². The van der Waals surface area contributed by atoms with Crippen molar-refractivity contribution in [2.24, 2.45) is 5.73 Å². The van der Waals surface area contributed by atoms with Crippen LogP contribution in [0.25, 0.3) is 0 Å². The zero-order valence-electron chi connectivity index (χ0n) is 12.9. The Morgan fingerprint density at radius 3 is 2.62 bits per heavy atom. The maximum absolute atomic E-state index is 12.3. The van der Waals surface area contributed by atoms with E-state index in [1.54, 1.807) is 27.1 Å². The molecule has 0 saturated heterocycles. The van der Waals surface area contributed by atoms with Crippen molar-refractivity contribution in [3.8, 4) is 11.8 Å². The molecule has 2 amide bonds. The summed E-state index contributed by atoms with van der Waals surface area (Å²) < 4.78 is 0. The number of aryl methyl sites for hydroxylation is 1. The van der Waals surface area contributed by atoms with Crippen LogP contribution in [0, 0.1) is 18.8 Å². The zero-order chi connectivity index (χ0) is 16.0. The Hall–Kier alpha value is -2.32. The molecule has 1 atom stereocenters. The summed E-state index contributed by atoms with van der Waals surface area (Å²) in [5.41, 5.74) is 7.43. The highest BCUT2D eigenvalue weighted by Gasteiger charge is 2.19. The van der Waals surface area contributed by atoms with Crippen LogP contribution in [0.2, 0.25) is 0 Å². The Kier molecular flexibility index (Phi) is 5.94. The van der Waals surface area contributed by atoms with Crippen molar-refractivity contribution >= 4 is 11.8 Å². The van der Waals surface area contributed by atoms with E-state index < -0.39 is 6.04 Å². The van der Waals surface area contributed by atoms with Gasteiger partial charge in [0, 0.05) is 19.7 Å². The van der Waals surface area contributed by atoms with E-state index in [2.05, 4.69) is 17.2 Å². The van der Waals surface area contributed by atoms with E-state index in [0.717, 1.165) is 5.56 Å². The lowest BCUT2D eigenvalue weighted by Crippen LogP contribution is -2.44. The van der Waals surface area contributed by atoms with Gasteiger partial charge in [-0.2, -0.15) is 0 Å². The highest BCUT2D eigenvalue weighted by Crippen LogP contribution is 2.11. The van der Waals surface area contributed by atoms with E-state index in [1.807, 2.05) is 19.1 Å². The highest BCUT2D eigenvalue weighted by molar-refractivity contribution is 5.99. The third-order valence-corrected chi connectivity index (χ3v) is 2.90. The Balaban J connectivity index is 3.00. The van der Waals surface area contributed by atoms with E-state index in [-0.39, 0.29) is 18.4 Å². The molecule has 3 N–H and O–H groups in total. The first-order valence-electron chi connectivity index (χ1n) is 6.68. The normalized spacial score (nSPS) is 11.1.